The summed E-state index contributed by atoms with van der Waals surface area (Å²) < 4.78 is 37.2. The van der Waals surface area contributed by atoms with Gasteiger partial charge in [0, 0.05) is 25.2 Å². The number of nitrogens with two attached hydrogens (primary N) is 1. The number of primary sulfonamides is 1. The Morgan fingerprint density at radius 3 is 2.69 bits per heavy atom. The monoisotopic (exact) mass is 419 g/mol. The molecule has 0 radical (unpaired) electrons. The zero-order valence-corrected chi connectivity index (χ0v) is 16.0. The van der Waals surface area contributed by atoms with Gasteiger partial charge in [-0.05, 0) is 43.2 Å². The number of sulfonamides is 1. The molecule has 0 amide bonds. The molecule has 1 saturated heterocycles. The van der Waals surface area contributed by atoms with Crippen molar-refractivity contribution in [3.8, 4) is 6.07 Å². The van der Waals surface area contributed by atoms with Gasteiger partial charge in [0.25, 0.3) is 5.69 Å². The highest BCUT2D eigenvalue weighted by molar-refractivity contribution is 7.89. The lowest BCUT2D eigenvalue weighted by Crippen LogP contribution is -2.42. The van der Waals surface area contributed by atoms with Gasteiger partial charge < -0.3 is 10.2 Å². The standard InChI is InChI=1S/C18H18FN5O4S/c19-15-8-12(10-20)3-6-17(15)23-7-1-2-13(11-23)22-16-5-4-14(29(21,27)28)9-18(16)24(25)26/h3-6,8-9,13,22H,1-2,7,11H2,(H2,21,27,28). The first kappa shape index (κ1) is 20.5. The molecule has 9 nitrogen and oxygen atoms in total. The fourth-order valence-electron chi connectivity index (χ4n) is 3.33. The lowest BCUT2D eigenvalue weighted by atomic mass is 10.0. The van der Waals surface area contributed by atoms with Crippen LogP contribution in [0, 0.1) is 27.3 Å². The van der Waals surface area contributed by atoms with Crippen molar-refractivity contribution in [1.82, 2.24) is 0 Å². The number of hydrogen-bond acceptors (Lipinski definition) is 7. The number of nitriles is 1. The number of anilines is 2. The second-order valence-corrected chi connectivity index (χ2v) is 8.25. The van der Waals surface area contributed by atoms with E-state index in [4.69, 9.17) is 10.4 Å². The molecule has 1 heterocycles. The molecular weight excluding hydrogens is 401 g/mol. The van der Waals surface area contributed by atoms with Gasteiger partial charge in [0.1, 0.15) is 11.5 Å². The zero-order chi connectivity index (χ0) is 21.2. The summed E-state index contributed by atoms with van der Waals surface area (Å²) in [5.41, 5.74) is 0.339. The van der Waals surface area contributed by atoms with Gasteiger partial charge in [-0.15, -0.1) is 0 Å². The second kappa shape index (κ2) is 8.02. The van der Waals surface area contributed by atoms with Crippen molar-refractivity contribution in [3.05, 3.63) is 57.9 Å². The number of nitro groups is 1. The lowest BCUT2D eigenvalue weighted by Gasteiger charge is -2.35. The Morgan fingerprint density at radius 1 is 1.31 bits per heavy atom. The third-order valence-corrected chi connectivity index (χ3v) is 5.60. The summed E-state index contributed by atoms with van der Waals surface area (Å²) in [6.07, 6.45) is 1.42. The molecule has 29 heavy (non-hydrogen) atoms. The van der Waals surface area contributed by atoms with E-state index >= 15 is 0 Å². The van der Waals surface area contributed by atoms with E-state index in [9.17, 15) is 22.9 Å². The molecule has 0 spiro atoms. The minimum atomic E-state index is -4.07. The minimum Gasteiger partial charge on any atom is -0.375 e. The summed E-state index contributed by atoms with van der Waals surface area (Å²) in [6.45, 7) is 0.990. The molecule has 0 bridgehead atoms. The Balaban J connectivity index is 1.82. The molecule has 11 heteroatoms. The quantitative estimate of drug-likeness (QED) is 0.559. The van der Waals surface area contributed by atoms with Crippen LogP contribution in [0.5, 0.6) is 0 Å². The highest BCUT2D eigenvalue weighted by atomic mass is 32.2. The fraction of sp³-hybridized carbons (Fsp3) is 0.278. The van der Waals surface area contributed by atoms with Crippen LogP contribution in [0.1, 0.15) is 18.4 Å². The summed E-state index contributed by atoms with van der Waals surface area (Å²) in [5.74, 6) is -0.506. The highest BCUT2D eigenvalue weighted by Crippen LogP contribution is 2.30. The summed E-state index contributed by atoms with van der Waals surface area (Å²) in [7, 11) is -4.07. The van der Waals surface area contributed by atoms with E-state index < -0.39 is 26.5 Å². The maximum Gasteiger partial charge on any atom is 0.293 e. The summed E-state index contributed by atoms with van der Waals surface area (Å²) in [5, 5.41) is 28.3. The molecule has 2 aromatic rings. The molecule has 1 aliphatic heterocycles. The smallest absolute Gasteiger partial charge is 0.293 e. The molecule has 152 valence electrons. The van der Waals surface area contributed by atoms with Crippen LogP contribution < -0.4 is 15.4 Å². The van der Waals surface area contributed by atoms with E-state index in [0.717, 1.165) is 12.5 Å². The average molecular weight is 419 g/mol. The van der Waals surface area contributed by atoms with Gasteiger partial charge in [-0.1, -0.05) is 0 Å². The Hall–Kier alpha value is -3.23. The highest BCUT2D eigenvalue weighted by Gasteiger charge is 2.25. The van der Waals surface area contributed by atoms with Gasteiger partial charge >= 0.3 is 0 Å². The van der Waals surface area contributed by atoms with E-state index in [0.29, 0.717) is 25.2 Å². The normalized spacial score (nSPS) is 16.9. The SMILES string of the molecule is N#Cc1ccc(N2CCCC(Nc3ccc(S(N)(=O)=O)cc3[N+](=O)[O-])C2)c(F)c1. The fourth-order valence-corrected chi connectivity index (χ4v) is 3.86. The van der Waals surface area contributed by atoms with E-state index in [1.54, 1.807) is 6.07 Å². The third kappa shape index (κ3) is 4.61. The molecule has 0 aromatic heterocycles. The van der Waals surface area contributed by atoms with E-state index in [-0.39, 0.29) is 22.2 Å². The van der Waals surface area contributed by atoms with Crippen molar-refractivity contribution >= 4 is 27.1 Å². The number of nitro benzene ring substituents is 1. The van der Waals surface area contributed by atoms with Crippen LogP contribution in [-0.4, -0.2) is 32.5 Å². The number of nitrogens with one attached hydrogen (secondary N) is 1. The van der Waals surface area contributed by atoms with E-state index in [2.05, 4.69) is 5.32 Å². The van der Waals surface area contributed by atoms with Crippen LogP contribution in [0.3, 0.4) is 0 Å². The molecule has 2 aromatic carbocycles. The molecule has 3 N–H and O–H groups in total. The van der Waals surface area contributed by atoms with Gasteiger partial charge in [0.05, 0.1) is 27.1 Å². The van der Waals surface area contributed by atoms with E-state index in [1.807, 2.05) is 11.0 Å². The summed E-state index contributed by atoms with van der Waals surface area (Å²) >= 11 is 0. The minimum absolute atomic E-state index is 0.162. The van der Waals surface area contributed by atoms with Crippen LogP contribution in [0.15, 0.2) is 41.3 Å². The van der Waals surface area contributed by atoms with Crippen molar-refractivity contribution in [3.63, 3.8) is 0 Å². The Morgan fingerprint density at radius 2 is 2.07 bits per heavy atom. The predicted molar refractivity (Wildman–Crippen MR) is 104 cm³/mol. The van der Waals surface area contributed by atoms with Crippen LogP contribution in [0.25, 0.3) is 0 Å². The first-order chi connectivity index (χ1) is 13.7. The van der Waals surface area contributed by atoms with Gasteiger partial charge in [-0.2, -0.15) is 5.26 Å². The summed E-state index contributed by atoms with van der Waals surface area (Å²) in [6, 6.07) is 9.33. The number of piperidine rings is 1. The molecular formula is C18H18FN5O4S. The van der Waals surface area contributed by atoms with Crippen LogP contribution in [0.4, 0.5) is 21.5 Å². The van der Waals surface area contributed by atoms with Crippen LogP contribution in [-0.2, 0) is 10.0 Å². The van der Waals surface area contributed by atoms with Gasteiger partial charge in [-0.3, -0.25) is 10.1 Å². The first-order valence-corrected chi connectivity index (χ1v) is 10.3. The number of hydrogen-bond donors (Lipinski definition) is 2. The van der Waals surface area contributed by atoms with Crippen molar-refractivity contribution < 1.29 is 17.7 Å². The molecule has 1 aliphatic rings. The molecule has 3 rings (SSSR count). The summed E-state index contributed by atoms with van der Waals surface area (Å²) in [4.78, 5) is 12.2. The Bertz CT molecular complexity index is 1100. The average Bonchev–Trinajstić information content (AvgIpc) is 2.67. The molecule has 0 saturated carbocycles. The van der Waals surface area contributed by atoms with Crippen molar-refractivity contribution in [2.24, 2.45) is 5.14 Å². The number of rotatable bonds is 5. The largest absolute Gasteiger partial charge is 0.375 e. The maximum absolute atomic E-state index is 14.3. The predicted octanol–water partition coefficient (Wildman–Crippen LogP) is 2.33. The van der Waals surface area contributed by atoms with Crippen LogP contribution in [0.2, 0.25) is 0 Å². The van der Waals surface area contributed by atoms with Crippen molar-refractivity contribution in [2.45, 2.75) is 23.8 Å². The van der Waals surface area contributed by atoms with Crippen molar-refractivity contribution in [2.75, 3.05) is 23.3 Å². The third-order valence-electron chi connectivity index (χ3n) is 4.69. The lowest BCUT2D eigenvalue weighted by molar-refractivity contribution is -0.384. The Labute approximate surface area is 166 Å². The molecule has 0 aliphatic carbocycles. The molecule has 1 atom stereocenters. The molecule has 1 unspecified atom stereocenters. The first-order valence-electron chi connectivity index (χ1n) is 8.71. The van der Waals surface area contributed by atoms with Crippen LogP contribution >= 0.6 is 0 Å². The van der Waals surface area contributed by atoms with Gasteiger partial charge in [-0.25, -0.2) is 17.9 Å². The van der Waals surface area contributed by atoms with Gasteiger partial charge in [0.15, 0.2) is 0 Å². The van der Waals surface area contributed by atoms with Crippen molar-refractivity contribution in [1.29, 1.82) is 5.26 Å². The van der Waals surface area contributed by atoms with E-state index in [1.165, 1.54) is 24.3 Å². The number of nitrogens with zero attached hydrogens (tertiary/aromatic N) is 3. The number of benzene rings is 2. The number of halogens is 1. The topological polar surface area (TPSA) is 142 Å². The Kier molecular flexibility index (Phi) is 5.67. The zero-order valence-electron chi connectivity index (χ0n) is 15.2. The second-order valence-electron chi connectivity index (χ2n) is 6.69. The maximum atomic E-state index is 14.3. The molecule has 1 fully saturated rings. The van der Waals surface area contributed by atoms with Gasteiger partial charge in [0.2, 0.25) is 10.0 Å².